The normalized spacial score (nSPS) is 11.6. The second kappa shape index (κ2) is 10.2. The minimum atomic E-state index is 0.632. The topological polar surface area (TPSA) is 51.8 Å². The third kappa shape index (κ3) is 4.35. The molecule has 0 bridgehead atoms. The van der Waals surface area contributed by atoms with E-state index in [-0.39, 0.29) is 0 Å². The van der Waals surface area contributed by atoms with Gasteiger partial charge in [-0.2, -0.15) is 0 Å². The molecular formula is C41H25N3O. The predicted octanol–water partition coefficient (Wildman–Crippen LogP) is 10.7. The van der Waals surface area contributed by atoms with Crippen molar-refractivity contribution in [1.29, 1.82) is 0 Å². The predicted molar refractivity (Wildman–Crippen MR) is 184 cm³/mol. The van der Waals surface area contributed by atoms with Crippen LogP contribution in [0.2, 0.25) is 0 Å². The summed E-state index contributed by atoms with van der Waals surface area (Å²) in [6, 6.07) is 52.2. The van der Waals surface area contributed by atoms with Crippen LogP contribution >= 0.6 is 0 Å². The molecule has 0 radical (unpaired) electrons. The third-order valence-electron chi connectivity index (χ3n) is 8.49. The first-order chi connectivity index (χ1) is 22.3. The molecule has 210 valence electrons. The number of fused-ring (bicyclic) bond motifs is 6. The number of benzene rings is 7. The van der Waals surface area contributed by atoms with Crippen molar-refractivity contribution in [3.05, 3.63) is 152 Å². The highest BCUT2D eigenvalue weighted by atomic mass is 16.3. The van der Waals surface area contributed by atoms with Crippen LogP contribution in [0.25, 0.3) is 88.8 Å². The zero-order valence-corrected chi connectivity index (χ0v) is 24.2. The molecule has 0 atom stereocenters. The number of furan rings is 1. The van der Waals surface area contributed by atoms with Crippen LogP contribution in [0.4, 0.5) is 0 Å². The average molecular weight is 576 g/mol. The van der Waals surface area contributed by atoms with Gasteiger partial charge in [-0.1, -0.05) is 127 Å². The van der Waals surface area contributed by atoms with E-state index in [2.05, 4.69) is 109 Å². The molecule has 9 aromatic rings. The molecule has 2 heterocycles. The Morgan fingerprint density at radius 1 is 0.356 bits per heavy atom. The smallest absolute Gasteiger partial charge is 0.164 e. The minimum Gasteiger partial charge on any atom is -0.456 e. The number of para-hydroxylation sites is 1. The quantitative estimate of drug-likeness (QED) is 0.209. The first-order valence-electron chi connectivity index (χ1n) is 15.0. The van der Waals surface area contributed by atoms with Crippen LogP contribution in [0.1, 0.15) is 0 Å². The molecule has 0 unspecified atom stereocenters. The Kier molecular flexibility index (Phi) is 5.78. The van der Waals surface area contributed by atoms with E-state index in [1.54, 1.807) is 0 Å². The second-order valence-electron chi connectivity index (χ2n) is 11.3. The van der Waals surface area contributed by atoms with Gasteiger partial charge in [0.25, 0.3) is 0 Å². The number of hydrogen-bond acceptors (Lipinski definition) is 4. The van der Waals surface area contributed by atoms with E-state index in [1.807, 2.05) is 42.5 Å². The summed E-state index contributed by atoms with van der Waals surface area (Å²) < 4.78 is 6.25. The molecule has 0 aliphatic rings. The fourth-order valence-corrected chi connectivity index (χ4v) is 6.34. The Morgan fingerprint density at radius 2 is 0.978 bits per heavy atom. The molecule has 0 fully saturated rings. The largest absolute Gasteiger partial charge is 0.456 e. The van der Waals surface area contributed by atoms with E-state index in [1.165, 1.54) is 16.2 Å². The van der Waals surface area contributed by atoms with Crippen molar-refractivity contribution in [3.63, 3.8) is 0 Å². The van der Waals surface area contributed by atoms with E-state index in [9.17, 15) is 0 Å². The van der Waals surface area contributed by atoms with Crippen molar-refractivity contribution in [2.45, 2.75) is 0 Å². The van der Waals surface area contributed by atoms with Gasteiger partial charge in [-0.05, 0) is 51.6 Å². The first-order valence-corrected chi connectivity index (χ1v) is 15.0. The van der Waals surface area contributed by atoms with Gasteiger partial charge in [0.15, 0.2) is 17.5 Å². The Morgan fingerprint density at radius 3 is 1.84 bits per heavy atom. The summed E-state index contributed by atoms with van der Waals surface area (Å²) >= 11 is 0. The summed E-state index contributed by atoms with van der Waals surface area (Å²) in [6.07, 6.45) is 0. The summed E-state index contributed by atoms with van der Waals surface area (Å²) in [4.78, 5) is 15.0. The standard InChI is InChI=1S/C41H25N3O/c1-2-11-28(12-3-1)39-42-40(44-41(43-39)32-21-20-26-10-4-5-13-29(26)24-32)31-16-8-15-30(25-31)33-18-9-14-27-22-23-36-38(37(27)33)34-17-6-7-19-35(34)45-36/h1-25H. The van der Waals surface area contributed by atoms with Crippen molar-refractivity contribution in [3.8, 4) is 45.3 Å². The first kappa shape index (κ1) is 25.4. The molecule has 7 aromatic carbocycles. The van der Waals surface area contributed by atoms with Gasteiger partial charge in [0, 0.05) is 32.8 Å². The molecule has 0 aliphatic heterocycles. The van der Waals surface area contributed by atoms with E-state index in [0.29, 0.717) is 17.5 Å². The minimum absolute atomic E-state index is 0.632. The molecular weight excluding hydrogens is 550 g/mol. The lowest BCUT2D eigenvalue weighted by atomic mass is 9.93. The van der Waals surface area contributed by atoms with Crippen LogP contribution in [0.15, 0.2) is 156 Å². The highest BCUT2D eigenvalue weighted by molar-refractivity contribution is 6.22. The zero-order chi connectivity index (χ0) is 29.7. The lowest BCUT2D eigenvalue weighted by Gasteiger charge is -2.12. The van der Waals surface area contributed by atoms with Crippen molar-refractivity contribution >= 4 is 43.5 Å². The fraction of sp³-hybridized carbons (Fsp3) is 0. The van der Waals surface area contributed by atoms with Gasteiger partial charge in [0.1, 0.15) is 11.2 Å². The Labute approximate surface area is 259 Å². The molecule has 4 heteroatoms. The second-order valence-corrected chi connectivity index (χ2v) is 11.3. The van der Waals surface area contributed by atoms with E-state index < -0.39 is 0 Å². The van der Waals surface area contributed by atoms with Gasteiger partial charge >= 0.3 is 0 Å². The molecule has 0 aliphatic carbocycles. The summed E-state index contributed by atoms with van der Waals surface area (Å²) in [7, 11) is 0. The summed E-state index contributed by atoms with van der Waals surface area (Å²) in [5, 5.41) is 6.92. The van der Waals surface area contributed by atoms with E-state index in [4.69, 9.17) is 19.4 Å². The van der Waals surface area contributed by atoms with Gasteiger partial charge in [0.2, 0.25) is 0 Å². The Hall–Kier alpha value is -6.13. The molecule has 0 amide bonds. The number of rotatable bonds is 4. The van der Waals surface area contributed by atoms with Gasteiger partial charge < -0.3 is 4.42 Å². The maximum absolute atomic E-state index is 6.25. The summed E-state index contributed by atoms with van der Waals surface area (Å²) in [5.74, 6) is 1.92. The zero-order valence-electron chi connectivity index (χ0n) is 24.2. The number of hydrogen-bond donors (Lipinski definition) is 0. The van der Waals surface area contributed by atoms with Crippen LogP contribution in [-0.2, 0) is 0 Å². The van der Waals surface area contributed by atoms with Gasteiger partial charge in [-0.25, -0.2) is 15.0 Å². The van der Waals surface area contributed by atoms with Crippen molar-refractivity contribution in [2.75, 3.05) is 0 Å². The van der Waals surface area contributed by atoms with Crippen LogP contribution < -0.4 is 0 Å². The van der Waals surface area contributed by atoms with Crippen LogP contribution in [-0.4, -0.2) is 15.0 Å². The Balaban J connectivity index is 1.24. The maximum Gasteiger partial charge on any atom is 0.164 e. The Bertz CT molecular complexity index is 2550. The fourth-order valence-electron chi connectivity index (χ4n) is 6.34. The monoisotopic (exact) mass is 575 g/mol. The molecule has 9 rings (SSSR count). The van der Waals surface area contributed by atoms with Gasteiger partial charge in [-0.15, -0.1) is 0 Å². The van der Waals surface area contributed by atoms with E-state index >= 15 is 0 Å². The van der Waals surface area contributed by atoms with Gasteiger partial charge in [-0.3, -0.25) is 0 Å². The molecule has 2 aromatic heterocycles. The average Bonchev–Trinajstić information content (AvgIpc) is 3.50. The molecule has 0 N–H and O–H groups in total. The molecule has 0 spiro atoms. The van der Waals surface area contributed by atoms with Gasteiger partial charge in [0.05, 0.1) is 0 Å². The highest BCUT2D eigenvalue weighted by Gasteiger charge is 2.16. The lowest BCUT2D eigenvalue weighted by molar-refractivity contribution is 0.669. The molecule has 45 heavy (non-hydrogen) atoms. The van der Waals surface area contributed by atoms with Crippen LogP contribution in [0.5, 0.6) is 0 Å². The summed E-state index contributed by atoms with van der Waals surface area (Å²) in [5.41, 5.74) is 6.83. The van der Waals surface area contributed by atoms with Crippen molar-refractivity contribution in [1.82, 2.24) is 15.0 Å². The highest BCUT2D eigenvalue weighted by Crippen LogP contribution is 2.40. The van der Waals surface area contributed by atoms with Crippen LogP contribution in [0.3, 0.4) is 0 Å². The summed E-state index contributed by atoms with van der Waals surface area (Å²) in [6.45, 7) is 0. The van der Waals surface area contributed by atoms with Crippen molar-refractivity contribution in [2.24, 2.45) is 0 Å². The van der Waals surface area contributed by atoms with Crippen LogP contribution in [0, 0.1) is 0 Å². The number of aromatic nitrogens is 3. The molecule has 4 nitrogen and oxygen atoms in total. The molecule has 0 saturated carbocycles. The van der Waals surface area contributed by atoms with Crippen molar-refractivity contribution < 1.29 is 4.42 Å². The van der Waals surface area contributed by atoms with E-state index in [0.717, 1.165) is 55.1 Å². The third-order valence-corrected chi connectivity index (χ3v) is 8.49. The maximum atomic E-state index is 6.25. The molecule has 0 saturated heterocycles. The SMILES string of the molecule is c1ccc(-c2nc(-c3cccc(-c4cccc5ccc6oc7ccccc7c6c45)c3)nc(-c3ccc4ccccc4c3)n2)cc1. The number of nitrogens with zero attached hydrogens (tertiary/aromatic N) is 3. The lowest BCUT2D eigenvalue weighted by Crippen LogP contribution is -2.00.